The van der Waals surface area contributed by atoms with Gasteiger partial charge in [-0.2, -0.15) is 5.10 Å². The molecule has 0 radical (unpaired) electrons. The van der Waals surface area contributed by atoms with Crippen molar-refractivity contribution in [2.45, 2.75) is 39.0 Å². The highest BCUT2D eigenvalue weighted by atomic mass is 32.1. The van der Waals surface area contributed by atoms with Gasteiger partial charge in [0.15, 0.2) is 5.69 Å². The Labute approximate surface area is 185 Å². The Kier molecular flexibility index (Phi) is 5.23. The summed E-state index contributed by atoms with van der Waals surface area (Å²) in [6, 6.07) is 10.1. The molecule has 5 rings (SSSR count). The van der Waals surface area contributed by atoms with E-state index < -0.39 is 0 Å². The molecule has 1 aromatic carbocycles. The van der Waals surface area contributed by atoms with Crippen molar-refractivity contribution in [2.24, 2.45) is 0 Å². The summed E-state index contributed by atoms with van der Waals surface area (Å²) in [6.45, 7) is 5.47. The van der Waals surface area contributed by atoms with E-state index in [0.717, 1.165) is 59.2 Å². The van der Waals surface area contributed by atoms with Crippen molar-refractivity contribution >= 4 is 33.7 Å². The van der Waals surface area contributed by atoms with Crippen LogP contribution in [0.3, 0.4) is 0 Å². The average molecular weight is 435 g/mol. The molecule has 1 aliphatic heterocycles. The molecular weight excluding hydrogens is 408 g/mol. The van der Waals surface area contributed by atoms with Crippen molar-refractivity contribution in [1.29, 1.82) is 0 Å². The lowest BCUT2D eigenvalue weighted by atomic mass is 9.95. The number of nitrogens with one attached hydrogen (secondary N) is 2. The van der Waals surface area contributed by atoms with Crippen LogP contribution in [-0.4, -0.2) is 43.5 Å². The molecule has 2 N–H and O–H groups in total. The molecule has 4 aromatic rings. The van der Waals surface area contributed by atoms with Crippen LogP contribution in [0.4, 0.5) is 11.6 Å². The Bertz CT molecular complexity index is 1210. The highest BCUT2D eigenvalue weighted by molar-refractivity contribution is 7.15. The number of para-hydroxylation sites is 1. The third-order valence-electron chi connectivity index (χ3n) is 6.07. The number of benzene rings is 1. The molecule has 0 saturated carbocycles. The number of carbonyl (C=O) groups excluding carboxylic acids is 1. The zero-order chi connectivity index (χ0) is 21.4. The molecule has 3 aromatic heterocycles. The second-order valence-electron chi connectivity index (χ2n) is 8.01. The number of aromatic nitrogens is 4. The number of carbonyl (C=O) groups is 1. The largest absolute Gasteiger partial charge is 0.337 e. The van der Waals surface area contributed by atoms with E-state index in [2.05, 4.69) is 32.2 Å². The fraction of sp³-hybridized carbons (Fsp3) is 0.348. The molecule has 0 spiro atoms. The van der Waals surface area contributed by atoms with Crippen LogP contribution in [0.5, 0.6) is 0 Å². The predicted octanol–water partition coefficient (Wildman–Crippen LogP) is 4.75. The molecule has 1 amide bonds. The number of aryl methyl sites for hydroxylation is 1. The topological polar surface area (TPSA) is 78.3 Å². The van der Waals surface area contributed by atoms with Crippen molar-refractivity contribution < 1.29 is 4.79 Å². The van der Waals surface area contributed by atoms with Gasteiger partial charge < -0.3 is 10.2 Å². The fourth-order valence-corrected chi connectivity index (χ4v) is 5.28. The van der Waals surface area contributed by atoms with E-state index in [1.54, 1.807) is 11.3 Å². The van der Waals surface area contributed by atoms with E-state index in [1.807, 2.05) is 48.4 Å². The molecule has 1 atom stereocenters. The summed E-state index contributed by atoms with van der Waals surface area (Å²) in [5, 5.41) is 12.8. The molecule has 160 valence electrons. The van der Waals surface area contributed by atoms with Gasteiger partial charge in [-0.25, -0.2) is 4.98 Å². The number of hydrogen-bond acceptors (Lipinski definition) is 5. The fourth-order valence-electron chi connectivity index (χ4n) is 4.37. The van der Waals surface area contributed by atoms with Gasteiger partial charge in [-0.15, -0.1) is 11.3 Å². The van der Waals surface area contributed by atoms with Gasteiger partial charge in [0.05, 0.1) is 5.69 Å². The Balaban J connectivity index is 1.41. The Hall–Kier alpha value is -3.13. The van der Waals surface area contributed by atoms with Crippen LogP contribution in [0.2, 0.25) is 0 Å². The molecule has 0 bridgehead atoms. The highest BCUT2D eigenvalue weighted by Gasteiger charge is 2.31. The highest BCUT2D eigenvalue weighted by Crippen LogP contribution is 2.34. The molecule has 4 heterocycles. The summed E-state index contributed by atoms with van der Waals surface area (Å²) in [6.07, 6.45) is 4.88. The number of nitrogens with zero attached hydrogens (tertiary/aromatic N) is 4. The van der Waals surface area contributed by atoms with Crippen LogP contribution in [0, 0.1) is 6.92 Å². The summed E-state index contributed by atoms with van der Waals surface area (Å²) in [5.41, 5.74) is 4.62. The summed E-state index contributed by atoms with van der Waals surface area (Å²) >= 11 is 1.69. The first kappa shape index (κ1) is 19.8. The SMILES string of the molecule is CCc1[nH]nc(C(=O)N2CCC[C@@H](c3nc(Nc4ccccc4)n4ccsc34)C2)c1C. The van der Waals surface area contributed by atoms with E-state index in [4.69, 9.17) is 4.98 Å². The van der Waals surface area contributed by atoms with Gasteiger partial charge in [0, 0.05) is 47.5 Å². The van der Waals surface area contributed by atoms with Gasteiger partial charge in [0.1, 0.15) is 4.83 Å². The van der Waals surface area contributed by atoms with E-state index in [9.17, 15) is 4.79 Å². The second kappa shape index (κ2) is 8.19. The van der Waals surface area contributed by atoms with Crippen molar-refractivity contribution in [3.05, 3.63) is 64.6 Å². The Morgan fingerprint density at radius 3 is 2.94 bits per heavy atom. The minimum Gasteiger partial charge on any atom is -0.337 e. The molecule has 0 unspecified atom stereocenters. The number of likely N-dealkylation sites (tertiary alicyclic amines) is 1. The van der Waals surface area contributed by atoms with Crippen LogP contribution in [0.25, 0.3) is 4.83 Å². The monoisotopic (exact) mass is 434 g/mol. The first-order valence-electron chi connectivity index (χ1n) is 10.8. The van der Waals surface area contributed by atoms with Crippen molar-refractivity contribution in [3.63, 3.8) is 0 Å². The number of amides is 1. The van der Waals surface area contributed by atoms with Gasteiger partial charge in [-0.3, -0.25) is 14.3 Å². The van der Waals surface area contributed by atoms with E-state index in [1.165, 1.54) is 0 Å². The van der Waals surface area contributed by atoms with Crippen molar-refractivity contribution in [2.75, 3.05) is 18.4 Å². The van der Waals surface area contributed by atoms with Gasteiger partial charge in [-0.1, -0.05) is 25.1 Å². The summed E-state index contributed by atoms with van der Waals surface area (Å²) in [5.74, 6) is 1.04. The maximum absolute atomic E-state index is 13.2. The average Bonchev–Trinajstić information content (AvgIpc) is 3.50. The van der Waals surface area contributed by atoms with Crippen LogP contribution >= 0.6 is 11.3 Å². The van der Waals surface area contributed by atoms with Crippen LogP contribution in [-0.2, 0) is 6.42 Å². The minimum atomic E-state index is 0.0161. The maximum Gasteiger partial charge on any atom is 0.274 e. The number of H-pyrrole nitrogens is 1. The van der Waals surface area contributed by atoms with Gasteiger partial charge >= 0.3 is 0 Å². The lowest BCUT2D eigenvalue weighted by molar-refractivity contribution is 0.0699. The van der Waals surface area contributed by atoms with Gasteiger partial charge in [-0.05, 0) is 38.3 Å². The third kappa shape index (κ3) is 3.61. The number of rotatable bonds is 5. The number of piperidine rings is 1. The Morgan fingerprint density at radius 2 is 2.16 bits per heavy atom. The lowest BCUT2D eigenvalue weighted by Crippen LogP contribution is -2.39. The van der Waals surface area contributed by atoms with Crippen LogP contribution < -0.4 is 5.32 Å². The quantitative estimate of drug-likeness (QED) is 0.475. The van der Waals surface area contributed by atoms with E-state index >= 15 is 0 Å². The molecule has 1 fully saturated rings. The summed E-state index contributed by atoms with van der Waals surface area (Å²) in [4.78, 5) is 21.3. The molecule has 8 heteroatoms. The van der Waals surface area contributed by atoms with Crippen LogP contribution in [0.1, 0.15) is 53.1 Å². The Morgan fingerprint density at radius 1 is 1.32 bits per heavy atom. The third-order valence-corrected chi connectivity index (χ3v) is 6.96. The second-order valence-corrected chi connectivity index (χ2v) is 8.90. The van der Waals surface area contributed by atoms with Crippen LogP contribution in [0.15, 0.2) is 41.9 Å². The molecule has 31 heavy (non-hydrogen) atoms. The van der Waals surface area contributed by atoms with E-state index in [0.29, 0.717) is 12.2 Å². The van der Waals surface area contributed by atoms with Gasteiger partial charge in [0.2, 0.25) is 5.95 Å². The summed E-state index contributed by atoms with van der Waals surface area (Å²) in [7, 11) is 0. The van der Waals surface area contributed by atoms with Crippen molar-refractivity contribution in [1.82, 2.24) is 24.5 Å². The number of imidazole rings is 1. The molecule has 1 aliphatic rings. The first-order valence-corrected chi connectivity index (χ1v) is 11.6. The maximum atomic E-state index is 13.2. The molecule has 7 nitrogen and oxygen atoms in total. The number of aromatic amines is 1. The lowest BCUT2D eigenvalue weighted by Gasteiger charge is -2.31. The normalized spacial score (nSPS) is 16.7. The van der Waals surface area contributed by atoms with Gasteiger partial charge in [0.25, 0.3) is 5.91 Å². The van der Waals surface area contributed by atoms with E-state index in [-0.39, 0.29) is 11.8 Å². The number of fused-ring (bicyclic) bond motifs is 1. The number of anilines is 2. The summed E-state index contributed by atoms with van der Waals surface area (Å²) < 4.78 is 2.11. The zero-order valence-corrected chi connectivity index (χ0v) is 18.6. The number of thiazole rings is 1. The smallest absolute Gasteiger partial charge is 0.274 e. The molecular formula is C23H26N6OS. The number of hydrogen-bond donors (Lipinski definition) is 2. The van der Waals surface area contributed by atoms with Crippen molar-refractivity contribution in [3.8, 4) is 0 Å². The predicted molar refractivity (Wildman–Crippen MR) is 123 cm³/mol. The molecule has 0 aliphatic carbocycles. The molecule has 1 saturated heterocycles. The first-order chi connectivity index (χ1) is 15.2. The minimum absolute atomic E-state index is 0.0161. The standard InChI is InChI=1S/C23H26N6OS/c1-3-18-15(2)19(27-26-18)21(30)28-11-7-8-16(14-28)20-22-29(12-13-31-22)23(25-20)24-17-9-5-4-6-10-17/h4-6,9-10,12-13,16H,3,7-8,11,14H2,1-2H3,(H,24,25)(H,26,27)/t16-/m1/s1. The zero-order valence-electron chi connectivity index (χ0n) is 17.8.